The van der Waals surface area contributed by atoms with Crippen LogP contribution in [0.5, 0.6) is 5.75 Å². The Balaban J connectivity index is 1.54. The Labute approximate surface area is 167 Å². The molecule has 30 heavy (non-hydrogen) atoms. The molecule has 2 aromatic heterocycles. The van der Waals surface area contributed by atoms with E-state index in [4.69, 9.17) is 4.42 Å². The van der Waals surface area contributed by atoms with Crippen molar-refractivity contribution < 1.29 is 35.9 Å². The van der Waals surface area contributed by atoms with E-state index < -0.39 is 47.3 Å². The third-order valence-electron chi connectivity index (χ3n) is 4.17. The highest BCUT2D eigenvalue weighted by Crippen LogP contribution is 2.29. The highest BCUT2D eigenvalue weighted by molar-refractivity contribution is 5.91. The van der Waals surface area contributed by atoms with E-state index in [1.807, 2.05) is 13.0 Å². The number of ether oxygens (including phenoxy) is 1. The van der Waals surface area contributed by atoms with Gasteiger partial charge in [0.25, 0.3) is 5.91 Å². The predicted octanol–water partition coefficient (Wildman–Crippen LogP) is 3.88. The average molecular weight is 429 g/mol. The van der Waals surface area contributed by atoms with Gasteiger partial charge in [-0.1, -0.05) is 0 Å². The Morgan fingerprint density at radius 1 is 1.07 bits per heavy atom. The van der Waals surface area contributed by atoms with Gasteiger partial charge in [-0.15, -0.1) is 0 Å². The fourth-order valence-electron chi connectivity index (χ4n) is 2.58. The Hall–Kier alpha value is -3.37. The number of furan rings is 1. The van der Waals surface area contributed by atoms with E-state index in [2.05, 4.69) is 15.2 Å². The monoisotopic (exact) mass is 429 g/mol. The van der Waals surface area contributed by atoms with Crippen molar-refractivity contribution in [3.8, 4) is 5.75 Å². The maximum Gasteiger partial charge on any atom is 0.286 e. The van der Waals surface area contributed by atoms with Crippen LogP contribution in [0.15, 0.2) is 28.8 Å². The normalized spacial score (nSPS) is 11.0. The molecular weight excluding hydrogens is 413 g/mol. The predicted molar refractivity (Wildman–Crippen MR) is 93.2 cm³/mol. The van der Waals surface area contributed by atoms with Crippen molar-refractivity contribution >= 4 is 5.91 Å². The van der Waals surface area contributed by atoms with Crippen molar-refractivity contribution in [1.29, 1.82) is 0 Å². The SMILES string of the molecule is Cc1ccnn1CCCNC(=O)c1ccc(COc2c(F)c(F)c(F)c(F)c2F)o1. The quantitative estimate of drug-likeness (QED) is 0.255. The summed E-state index contributed by atoms with van der Waals surface area (Å²) in [5.41, 5.74) is 0.991. The summed E-state index contributed by atoms with van der Waals surface area (Å²) in [7, 11) is 0. The second kappa shape index (κ2) is 8.97. The summed E-state index contributed by atoms with van der Waals surface area (Å²) in [5, 5.41) is 6.75. The van der Waals surface area contributed by atoms with Crippen LogP contribution in [0.1, 0.15) is 28.4 Å². The molecule has 0 unspecified atom stereocenters. The van der Waals surface area contributed by atoms with Crippen LogP contribution in [0, 0.1) is 36.0 Å². The van der Waals surface area contributed by atoms with Crippen LogP contribution in [0.25, 0.3) is 0 Å². The van der Waals surface area contributed by atoms with Gasteiger partial charge in [0, 0.05) is 25.0 Å². The zero-order chi connectivity index (χ0) is 21.8. The first-order chi connectivity index (χ1) is 14.3. The van der Waals surface area contributed by atoms with E-state index in [9.17, 15) is 26.7 Å². The van der Waals surface area contributed by atoms with Gasteiger partial charge in [0.15, 0.2) is 11.5 Å². The first kappa shape index (κ1) is 21.3. The van der Waals surface area contributed by atoms with Gasteiger partial charge < -0.3 is 14.5 Å². The Kier molecular flexibility index (Phi) is 6.38. The molecule has 0 saturated carbocycles. The van der Waals surface area contributed by atoms with Crippen LogP contribution >= 0.6 is 0 Å². The number of nitrogens with zero attached hydrogens (tertiary/aromatic N) is 2. The topological polar surface area (TPSA) is 69.3 Å². The summed E-state index contributed by atoms with van der Waals surface area (Å²) >= 11 is 0. The third kappa shape index (κ3) is 4.44. The van der Waals surface area contributed by atoms with Crippen molar-refractivity contribution in [3.63, 3.8) is 0 Å². The summed E-state index contributed by atoms with van der Waals surface area (Å²) in [6.45, 7) is 2.21. The van der Waals surface area contributed by atoms with E-state index in [1.165, 1.54) is 12.1 Å². The maximum atomic E-state index is 13.6. The number of aromatic nitrogens is 2. The molecule has 0 atom stereocenters. The number of hydrogen-bond acceptors (Lipinski definition) is 4. The molecule has 0 bridgehead atoms. The Bertz CT molecular complexity index is 1030. The zero-order valence-corrected chi connectivity index (χ0v) is 15.6. The lowest BCUT2D eigenvalue weighted by Gasteiger charge is -2.09. The highest BCUT2D eigenvalue weighted by atomic mass is 19.2. The van der Waals surface area contributed by atoms with Gasteiger partial charge in [-0.25, -0.2) is 13.2 Å². The van der Waals surface area contributed by atoms with Crippen molar-refractivity contribution in [2.75, 3.05) is 6.54 Å². The molecule has 0 aliphatic heterocycles. The van der Waals surface area contributed by atoms with Crippen LogP contribution in [0.4, 0.5) is 22.0 Å². The zero-order valence-electron chi connectivity index (χ0n) is 15.6. The Morgan fingerprint density at radius 2 is 1.73 bits per heavy atom. The second-order valence-electron chi connectivity index (χ2n) is 6.26. The minimum Gasteiger partial charge on any atom is -0.479 e. The number of amides is 1. The summed E-state index contributed by atoms with van der Waals surface area (Å²) in [6, 6.07) is 4.44. The molecule has 6 nitrogen and oxygen atoms in total. The number of benzene rings is 1. The van der Waals surface area contributed by atoms with Gasteiger partial charge in [0.1, 0.15) is 12.4 Å². The molecule has 0 spiro atoms. The number of halogens is 5. The fraction of sp³-hybridized carbons (Fsp3) is 0.263. The molecule has 3 rings (SSSR count). The van der Waals surface area contributed by atoms with Crippen LogP contribution in [0.2, 0.25) is 0 Å². The van der Waals surface area contributed by atoms with Crippen LogP contribution in [0.3, 0.4) is 0 Å². The second-order valence-corrected chi connectivity index (χ2v) is 6.26. The minimum atomic E-state index is -2.28. The third-order valence-corrected chi connectivity index (χ3v) is 4.17. The summed E-state index contributed by atoms with van der Waals surface area (Å²) in [5.74, 6) is -12.8. The van der Waals surface area contributed by atoms with Gasteiger partial charge >= 0.3 is 0 Å². The fourth-order valence-corrected chi connectivity index (χ4v) is 2.58. The maximum absolute atomic E-state index is 13.6. The van der Waals surface area contributed by atoms with Gasteiger partial charge in [0.05, 0.1) is 0 Å². The van der Waals surface area contributed by atoms with Gasteiger partial charge in [-0.05, 0) is 31.5 Å². The summed E-state index contributed by atoms with van der Waals surface area (Å²) in [4.78, 5) is 12.1. The van der Waals surface area contributed by atoms with E-state index in [0.29, 0.717) is 19.5 Å². The number of nitrogens with one attached hydrogen (secondary N) is 1. The number of carbonyl (C=O) groups excluding carboxylic acids is 1. The molecule has 1 aromatic carbocycles. The smallest absolute Gasteiger partial charge is 0.286 e. The minimum absolute atomic E-state index is 0.0451. The molecule has 1 N–H and O–H groups in total. The van der Waals surface area contributed by atoms with E-state index >= 15 is 0 Å². The molecule has 0 radical (unpaired) electrons. The van der Waals surface area contributed by atoms with E-state index in [0.717, 1.165) is 5.69 Å². The first-order valence-electron chi connectivity index (χ1n) is 8.79. The molecule has 11 heteroatoms. The highest BCUT2D eigenvalue weighted by Gasteiger charge is 2.27. The molecule has 0 aliphatic rings. The number of rotatable bonds is 8. The molecule has 0 saturated heterocycles. The lowest BCUT2D eigenvalue weighted by Crippen LogP contribution is -2.25. The summed E-state index contributed by atoms with van der Waals surface area (Å²) < 4.78 is 78.2. The van der Waals surface area contributed by atoms with Crippen molar-refractivity contribution in [1.82, 2.24) is 15.1 Å². The Morgan fingerprint density at radius 3 is 2.37 bits per heavy atom. The largest absolute Gasteiger partial charge is 0.479 e. The molecular formula is C19H16F5N3O3. The number of hydrogen-bond donors (Lipinski definition) is 1. The molecule has 1 amide bonds. The molecule has 2 heterocycles. The van der Waals surface area contributed by atoms with Crippen LogP contribution in [-0.2, 0) is 13.2 Å². The summed E-state index contributed by atoms with van der Waals surface area (Å²) in [6.07, 6.45) is 2.29. The average Bonchev–Trinajstić information content (AvgIpc) is 3.37. The molecule has 0 aliphatic carbocycles. The van der Waals surface area contributed by atoms with Crippen LogP contribution < -0.4 is 10.1 Å². The van der Waals surface area contributed by atoms with Crippen molar-refractivity contribution in [2.45, 2.75) is 26.5 Å². The van der Waals surface area contributed by atoms with Crippen molar-refractivity contribution in [3.05, 3.63) is 70.7 Å². The number of carbonyl (C=O) groups is 1. The first-order valence-corrected chi connectivity index (χ1v) is 8.79. The molecule has 3 aromatic rings. The molecule has 160 valence electrons. The van der Waals surface area contributed by atoms with Gasteiger partial charge in [-0.2, -0.15) is 13.9 Å². The van der Waals surface area contributed by atoms with Gasteiger partial charge in [-0.3, -0.25) is 9.48 Å². The van der Waals surface area contributed by atoms with Crippen molar-refractivity contribution in [2.24, 2.45) is 0 Å². The lowest BCUT2D eigenvalue weighted by molar-refractivity contribution is 0.0920. The van der Waals surface area contributed by atoms with E-state index in [1.54, 1.807) is 10.9 Å². The standard InChI is InChI=1S/C19H16F5N3O3/c1-10-5-7-26-27(10)8-2-6-25-19(28)12-4-3-11(30-12)9-29-18-16(23)14(21)13(20)15(22)17(18)24/h3-5,7H,2,6,8-9H2,1H3,(H,25,28). The number of aryl methyl sites for hydroxylation is 2. The van der Waals surface area contributed by atoms with E-state index in [-0.39, 0.29) is 11.5 Å². The van der Waals surface area contributed by atoms with Gasteiger partial charge in [0.2, 0.25) is 29.1 Å². The molecule has 0 fully saturated rings. The lowest BCUT2D eigenvalue weighted by atomic mass is 10.2. The van der Waals surface area contributed by atoms with Crippen LogP contribution in [-0.4, -0.2) is 22.2 Å².